The molecule has 1 saturated heterocycles. The average molecular weight is 460 g/mol. The normalized spacial score (nSPS) is 16.9. The lowest BCUT2D eigenvalue weighted by molar-refractivity contribution is 0.187. The fourth-order valence-electron chi connectivity index (χ4n) is 3.04. The number of hydrogen-bond donors (Lipinski definition) is 3. The van der Waals surface area contributed by atoms with Gasteiger partial charge in [-0.3, -0.25) is 4.99 Å². The summed E-state index contributed by atoms with van der Waals surface area (Å²) in [4.78, 5) is 15.3. The number of likely N-dealkylation sites (tertiary alicyclic amines) is 1. The Morgan fingerprint density at radius 3 is 2.61 bits per heavy atom. The lowest BCUT2D eigenvalue weighted by Gasteiger charge is -2.29. The highest BCUT2D eigenvalue weighted by Gasteiger charge is 2.12. The van der Waals surface area contributed by atoms with E-state index in [1.807, 2.05) is 20.8 Å². The zero-order valence-corrected chi connectivity index (χ0v) is 19.9. The molecule has 33 heavy (non-hydrogen) atoms. The minimum absolute atomic E-state index is 0.194. The Labute approximate surface area is 195 Å². The fraction of sp³-hybridized carbons (Fsp3) is 0.458. The monoisotopic (exact) mass is 459 g/mol. The number of nitrogens with two attached hydrogens (primary N) is 2. The predicted molar refractivity (Wildman–Crippen MR) is 134 cm³/mol. The van der Waals surface area contributed by atoms with Crippen LogP contribution in [0.3, 0.4) is 0 Å². The molecule has 0 bridgehead atoms. The number of allylic oxidation sites excluding steroid dienone is 3. The van der Waals surface area contributed by atoms with Crippen molar-refractivity contribution in [3.63, 3.8) is 0 Å². The zero-order valence-electron chi connectivity index (χ0n) is 19.9. The maximum Gasteiger partial charge on any atom is 0.276 e. The van der Waals surface area contributed by atoms with E-state index in [1.54, 1.807) is 24.6 Å². The molecule has 1 fully saturated rings. The number of aliphatic imine (C=N–C) groups is 2. The first kappa shape index (κ1) is 26.2. The van der Waals surface area contributed by atoms with Crippen molar-refractivity contribution in [2.24, 2.45) is 21.5 Å². The van der Waals surface area contributed by atoms with Gasteiger partial charge in [-0.15, -0.1) is 0 Å². The molecule has 1 aliphatic rings. The molecule has 0 aliphatic carbocycles. The lowest BCUT2D eigenvalue weighted by atomic mass is 10.0. The maximum absolute atomic E-state index is 13.1. The van der Waals surface area contributed by atoms with E-state index < -0.39 is 6.43 Å². The summed E-state index contributed by atoms with van der Waals surface area (Å²) in [5, 5.41) is 3.00. The van der Waals surface area contributed by atoms with Crippen molar-refractivity contribution in [1.82, 2.24) is 9.88 Å². The second-order valence-electron chi connectivity index (χ2n) is 8.03. The van der Waals surface area contributed by atoms with E-state index in [0.717, 1.165) is 48.3 Å². The fourth-order valence-corrected chi connectivity index (χ4v) is 3.04. The number of alkyl halides is 2. The van der Waals surface area contributed by atoms with Crippen LogP contribution in [0.1, 0.15) is 44.7 Å². The SMILES string of the molecule is CC/C(C)=C(N)/C=C(\N=C(/C)C(F)F)Nc1cc(C)c(/C(C=NCCN2CCC2)=C/N)cn1. The molecule has 0 radical (unpaired) electrons. The zero-order chi connectivity index (χ0) is 24.4. The number of nitrogens with zero attached hydrogens (tertiary/aromatic N) is 4. The van der Waals surface area contributed by atoms with Gasteiger partial charge in [0.25, 0.3) is 6.43 Å². The Morgan fingerprint density at radius 1 is 1.33 bits per heavy atom. The van der Waals surface area contributed by atoms with Crippen LogP contribution in [0.5, 0.6) is 0 Å². The number of pyridine rings is 1. The first-order chi connectivity index (χ1) is 15.7. The Hall–Kier alpha value is -3.07. The molecule has 180 valence electrons. The first-order valence-electron chi connectivity index (χ1n) is 11.1. The molecule has 0 atom stereocenters. The maximum atomic E-state index is 13.1. The van der Waals surface area contributed by atoms with Crippen LogP contribution in [0.2, 0.25) is 0 Å². The molecule has 0 aromatic carbocycles. The van der Waals surface area contributed by atoms with Gasteiger partial charge >= 0.3 is 0 Å². The molecule has 9 heteroatoms. The van der Waals surface area contributed by atoms with Crippen LogP contribution >= 0.6 is 0 Å². The van der Waals surface area contributed by atoms with Crippen LogP contribution in [0.15, 0.2) is 51.6 Å². The van der Waals surface area contributed by atoms with E-state index in [9.17, 15) is 8.78 Å². The summed E-state index contributed by atoms with van der Waals surface area (Å²) in [7, 11) is 0. The summed E-state index contributed by atoms with van der Waals surface area (Å²) in [6, 6.07) is 1.81. The molecule has 1 aromatic rings. The van der Waals surface area contributed by atoms with Crippen LogP contribution in [-0.4, -0.2) is 54.4 Å². The van der Waals surface area contributed by atoms with Crippen LogP contribution in [0, 0.1) is 6.92 Å². The second kappa shape index (κ2) is 12.8. The van der Waals surface area contributed by atoms with Gasteiger partial charge in [-0.1, -0.05) is 12.5 Å². The molecule has 1 aromatic heterocycles. The highest BCUT2D eigenvalue weighted by Crippen LogP contribution is 2.20. The van der Waals surface area contributed by atoms with Crippen molar-refractivity contribution in [3.8, 4) is 0 Å². The van der Waals surface area contributed by atoms with E-state index >= 15 is 0 Å². The third-order valence-corrected chi connectivity index (χ3v) is 5.51. The molecular formula is C24H35F2N7. The van der Waals surface area contributed by atoms with Gasteiger partial charge in [0.1, 0.15) is 11.6 Å². The van der Waals surface area contributed by atoms with Gasteiger partial charge in [0.05, 0.1) is 12.3 Å². The van der Waals surface area contributed by atoms with Gasteiger partial charge in [0, 0.05) is 48.1 Å². The van der Waals surface area contributed by atoms with Crippen LogP contribution in [0.25, 0.3) is 5.57 Å². The number of nitrogens with one attached hydrogen (secondary N) is 1. The van der Waals surface area contributed by atoms with Crippen molar-refractivity contribution in [2.75, 3.05) is 31.5 Å². The largest absolute Gasteiger partial charge is 0.404 e. The molecule has 0 unspecified atom stereocenters. The van der Waals surface area contributed by atoms with Gasteiger partial charge in [0.2, 0.25) is 0 Å². The number of aromatic nitrogens is 1. The van der Waals surface area contributed by atoms with Gasteiger partial charge < -0.3 is 21.7 Å². The number of halogens is 2. The predicted octanol–water partition coefficient (Wildman–Crippen LogP) is 4.09. The number of hydrogen-bond acceptors (Lipinski definition) is 7. The molecule has 2 rings (SSSR count). The van der Waals surface area contributed by atoms with Crippen molar-refractivity contribution in [2.45, 2.75) is 47.0 Å². The third-order valence-electron chi connectivity index (χ3n) is 5.51. The van der Waals surface area contributed by atoms with E-state index in [0.29, 0.717) is 18.1 Å². The summed E-state index contributed by atoms with van der Waals surface area (Å²) < 4.78 is 26.1. The average Bonchev–Trinajstić information content (AvgIpc) is 2.74. The lowest BCUT2D eigenvalue weighted by Crippen LogP contribution is -2.38. The quantitative estimate of drug-likeness (QED) is 0.341. The summed E-state index contributed by atoms with van der Waals surface area (Å²) in [5.41, 5.74) is 15.5. The van der Waals surface area contributed by atoms with E-state index in [-0.39, 0.29) is 11.5 Å². The molecule has 0 saturated carbocycles. The van der Waals surface area contributed by atoms with Crippen molar-refractivity contribution in [1.29, 1.82) is 0 Å². The Balaban J connectivity index is 2.21. The Morgan fingerprint density at radius 2 is 2.06 bits per heavy atom. The number of rotatable bonds is 11. The number of anilines is 1. The minimum atomic E-state index is -2.66. The molecule has 5 N–H and O–H groups in total. The molecule has 1 aliphatic heterocycles. The summed E-state index contributed by atoms with van der Waals surface area (Å²) in [6.07, 6.45) is 5.83. The third kappa shape index (κ3) is 8.09. The molecule has 0 spiro atoms. The van der Waals surface area contributed by atoms with Crippen LogP contribution in [0.4, 0.5) is 14.6 Å². The van der Waals surface area contributed by atoms with Gasteiger partial charge in [0.15, 0.2) is 0 Å². The Bertz CT molecular complexity index is 958. The van der Waals surface area contributed by atoms with Crippen LogP contribution < -0.4 is 16.8 Å². The first-order valence-corrected chi connectivity index (χ1v) is 11.1. The van der Waals surface area contributed by atoms with Crippen molar-refractivity contribution >= 4 is 23.3 Å². The van der Waals surface area contributed by atoms with Crippen LogP contribution in [-0.2, 0) is 0 Å². The molecule has 2 heterocycles. The molecule has 7 nitrogen and oxygen atoms in total. The van der Waals surface area contributed by atoms with Crippen molar-refractivity contribution < 1.29 is 8.78 Å². The van der Waals surface area contributed by atoms with E-state index in [4.69, 9.17) is 11.5 Å². The van der Waals surface area contributed by atoms with E-state index in [2.05, 4.69) is 25.2 Å². The van der Waals surface area contributed by atoms with Gasteiger partial charge in [-0.2, -0.15) is 0 Å². The Kier molecular flexibility index (Phi) is 10.2. The van der Waals surface area contributed by atoms with Gasteiger partial charge in [-0.05, 0) is 58.3 Å². The minimum Gasteiger partial charge on any atom is -0.404 e. The highest BCUT2D eigenvalue weighted by molar-refractivity contribution is 6.10. The van der Waals surface area contributed by atoms with E-state index in [1.165, 1.54) is 19.5 Å². The highest BCUT2D eigenvalue weighted by atomic mass is 19.3. The molecular weight excluding hydrogens is 424 g/mol. The topological polar surface area (TPSA) is 105 Å². The summed E-state index contributed by atoms with van der Waals surface area (Å²) in [5.74, 6) is 0.654. The molecule has 0 amide bonds. The smallest absolute Gasteiger partial charge is 0.276 e. The van der Waals surface area contributed by atoms with Gasteiger partial charge in [-0.25, -0.2) is 18.8 Å². The summed E-state index contributed by atoms with van der Waals surface area (Å²) in [6.45, 7) is 11.0. The standard InChI is InChI=1S/C24H35F2N7/c1-5-16(2)21(28)12-23(31-18(4)24(25)26)32-22-11-17(3)20(15-30-22)19(13-27)14-29-7-10-33-8-6-9-33/h11-15,24H,5-10,27-28H2,1-4H3,(H,30,32)/b19-13+,21-16-,23-12+,29-14?,31-18+. The van der Waals surface area contributed by atoms with Crippen molar-refractivity contribution in [3.05, 3.63) is 52.8 Å². The number of aryl methyl sites for hydroxylation is 1. The second-order valence-corrected chi connectivity index (χ2v) is 8.03. The summed E-state index contributed by atoms with van der Waals surface area (Å²) >= 11 is 0.